The molecule has 0 atom stereocenters. The third-order valence-electron chi connectivity index (χ3n) is 6.25. The Morgan fingerprint density at radius 3 is 2.48 bits per heavy atom. The predicted molar refractivity (Wildman–Crippen MR) is 129 cm³/mol. The number of nitriles is 1. The summed E-state index contributed by atoms with van der Waals surface area (Å²) in [5.74, 6) is 1.59. The molecule has 1 fully saturated rings. The largest absolute Gasteiger partial charge is 0.495 e. The number of rotatable bonds is 6. The Labute approximate surface area is 193 Å². The molecule has 0 saturated carbocycles. The van der Waals surface area contributed by atoms with E-state index < -0.39 is 0 Å². The van der Waals surface area contributed by atoms with Gasteiger partial charge < -0.3 is 14.2 Å². The lowest BCUT2D eigenvalue weighted by Gasteiger charge is -2.35. The maximum atomic E-state index is 9.74. The first-order valence-corrected chi connectivity index (χ1v) is 11.2. The van der Waals surface area contributed by atoms with Crippen molar-refractivity contribution in [3.8, 4) is 17.5 Å². The zero-order valence-corrected chi connectivity index (χ0v) is 18.7. The van der Waals surface area contributed by atoms with Crippen LogP contribution in [-0.2, 0) is 6.42 Å². The molecular weight excluding hydrogens is 412 g/mol. The molecule has 1 aliphatic heterocycles. The summed E-state index contributed by atoms with van der Waals surface area (Å²) in [4.78, 5) is 13.9. The van der Waals surface area contributed by atoms with Crippen LogP contribution in [0.5, 0.6) is 5.75 Å². The van der Waals surface area contributed by atoms with E-state index in [9.17, 15) is 5.26 Å². The molecule has 5 rings (SSSR count). The SMILES string of the molecule is COc1ccccc1-n1cc(C#N)c2ncnc(N3CCN(CCc4ccccc4)CC3)c21. The molecule has 0 unspecified atom stereocenters. The van der Waals surface area contributed by atoms with Crippen molar-refractivity contribution in [1.82, 2.24) is 19.4 Å². The number of hydrogen-bond donors (Lipinski definition) is 0. The third-order valence-corrected chi connectivity index (χ3v) is 6.25. The van der Waals surface area contributed by atoms with Crippen LogP contribution in [0.15, 0.2) is 67.1 Å². The number of piperazine rings is 1. The van der Waals surface area contributed by atoms with Gasteiger partial charge in [0.1, 0.15) is 29.2 Å². The van der Waals surface area contributed by atoms with Crippen LogP contribution in [0, 0.1) is 11.3 Å². The van der Waals surface area contributed by atoms with Crippen LogP contribution in [0.3, 0.4) is 0 Å². The summed E-state index contributed by atoms with van der Waals surface area (Å²) in [7, 11) is 1.65. The normalized spacial score (nSPS) is 14.4. The van der Waals surface area contributed by atoms with Crippen molar-refractivity contribution >= 4 is 16.9 Å². The Kier molecular flexibility index (Phi) is 5.92. The minimum absolute atomic E-state index is 0.529. The molecule has 3 heterocycles. The molecule has 0 radical (unpaired) electrons. The van der Waals surface area contributed by atoms with Gasteiger partial charge in [0.25, 0.3) is 0 Å². The average Bonchev–Trinajstić information content (AvgIpc) is 3.27. The highest BCUT2D eigenvalue weighted by atomic mass is 16.5. The summed E-state index contributed by atoms with van der Waals surface area (Å²) in [6, 6.07) is 20.7. The Hall–Kier alpha value is -3.89. The summed E-state index contributed by atoms with van der Waals surface area (Å²) in [6.45, 7) is 4.74. The highest BCUT2D eigenvalue weighted by Gasteiger charge is 2.24. The molecule has 1 aliphatic rings. The first-order chi connectivity index (χ1) is 16.3. The lowest BCUT2D eigenvalue weighted by molar-refractivity contribution is 0.260. The summed E-state index contributed by atoms with van der Waals surface area (Å²) in [6.07, 6.45) is 4.45. The maximum absolute atomic E-state index is 9.74. The van der Waals surface area contributed by atoms with E-state index in [4.69, 9.17) is 4.74 Å². The van der Waals surface area contributed by atoms with Gasteiger partial charge in [-0.25, -0.2) is 9.97 Å². The van der Waals surface area contributed by atoms with Gasteiger partial charge in [-0.15, -0.1) is 0 Å². The van der Waals surface area contributed by atoms with E-state index in [0.717, 1.165) is 61.9 Å². The summed E-state index contributed by atoms with van der Waals surface area (Å²) in [5.41, 5.74) is 4.28. The number of para-hydroxylation sites is 2. The number of hydrogen-bond acceptors (Lipinski definition) is 6. The van der Waals surface area contributed by atoms with E-state index in [1.54, 1.807) is 13.4 Å². The fourth-order valence-electron chi connectivity index (χ4n) is 4.49. The third kappa shape index (κ3) is 4.13. The van der Waals surface area contributed by atoms with Gasteiger partial charge in [0.05, 0.1) is 18.4 Å². The van der Waals surface area contributed by atoms with E-state index in [1.165, 1.54) is 5.56 Å². The number of fused-ring (bicyclic) bond motifs is 1. The maximum Gasteiger partial charge on any atom is 0.157 e. The fourth-order valence-corrected chi connectivity index (χ4v) is 4.49. The Bertz CT molecular complexity index is 1290. The lowest BCUT2D eigenvalue weighted by atomic mass is 10.1. The van der Waals surface area contributed by atoms with Crippen molar-refractivity contribution in [3.63, 3.8) is 0 Å². The van der Waals surface area contributed by atoms with Crippen LogP contribution in [0.2, 0.25) is 0 Å². The smallest absolute Gasteiger partial charge is 0.157 e. The topological polar surface area (TPSA) is 70.2 Å². The highest BCUT2D eigenvalue weighted by Crippen LogP contribution is 2.33. The van der Waals surface area contributed by atoms with Crippen molar-refractivity contribution in [3.05, 3.63) is 78.2 Å². The average molecular weight is 439 g/mol. The minimum Gasteiger partial charge on any atom is -0.495 e. The van der Waals surface area contributed by atoms with E-state index in [1.807, 2.05) is 35.0 Å². The molecule has 0 spiro atoms. The summed E-state index contributed by atoms with van der Waals surface area (Å²) >= 11 is 0. The van der Waals surface area contributed by atoms with Gasteiger partial charge in [-0.2, -0.15) is 5.26 Å². The molecule has 0 bridgehead atoms. The number of ether oxygens (including phenoxy) is 1. The first kappa shape index (κ1) is 21.0. The van der Waals surface area contributed by atoms with Gasteiger partial charge in [0.2, 0.25) is 0 Å². The summed E-state index contributed by atoms with van der Waals surface area (Å²) < 4.78 is 7.58. The number of methoxy groups -OCH3 is 1. The van der Waals surface area contributed by atoms with Crippen molar-refractivity contribution < 1.29 is 4.74 Å². The molecule has 0 N–H and O–H groups in total. The molecule has 33 heavy (non-hydrogen) atoms. The fraction of sp³-hybridized carbons (Fsp3) is 0.269. The van der Waals surface area contributed by atoms with E-state index in [0.29, 0.717) is 11.1 Å². The monoisotopic (exact) mass is 438 g/mol. The van der Waals surface area contributed by atoms with Crippen molar-refractivity contribution in [2.75, 3.05) is 44.7 Å². The number of nitrogens with zero attached hydrogens (tertiary/aromatic N) is 6. The first-order valence-electron chi connectivity index (χ1n) is 11.2. The standard InChI is InChI=1S/C26H26N6O/c1-33-23-10-6-5-9-22(23)32-18-21(17-27)24-25(32)26(29-19-28-24)31-15-13-30(14-16-31)12-11-20-7-3-2-4-8-20/h2-10,18-19H,11-16H2,1H3. The second kappa shape index (κ2) is 9.31. The Balaban J connectivity index is 1.42. The van der Waals surface area contributed by atoms with Crippen LogP contribution in [0.1, 0.15) is 11.1 Å². The molecule has 1 saturated heterocycles. The second-order valence-corrected chi connectivity index (χ2v) is 8.16. The van der Waals surface area contributed by atoms with Gasteiger partial charge in [0.15, 0.2) is 5.82 Å². The Morgan fingerprint density at radius 2 is 1.73 bits per heavy atom. The van der Waals surface area contributed by atoms with Gasteiger partial charge >= 0.3 is 0 Å². The zero-order valence-electron chi connectivity index (χ0n) is 18.7. The van der Waals surface area contributed by atoms with Crippen molar-refractivity contribution in [1.29, 1.82) is 5.26 Å². The highest BCUT2D eigenvalue weighted by molar-refractivity contribution is 5.93. The molecule has 7 nitrogen and oxygen atoms in total. The lowest BCUT2D eigenvalue weighted by Crippen LogP contribution is -2.47. The van der Waals surface area contributed by atoms with E-state index in [2.05, 4.69) is 56.2 Å². The minimum atomic E-state index is 0.529. The summed E-state index contributed by atoms with van der Waals surface area (Å²) in [5, 5.41) is 9.74. The molecule has 2 aromatic heterocycles. The number of anilines is 1. The van der Waals surface area contributed by atoms with E-state index in [-0.39, 0.29) is 0 Å². The van der Waals surface area contributed by atoms with Crippen molar-refractivity contribution in [2.45, 2.75) is 6.42 Å². The van der Waals surface area contributed by atoms with Crippen LogP contribution in [0.4, 0.5) is 5.82 Å². The zero-order chi connectivity index (χ0) is 22.6. The van der Waals surface area contributed by atoms with Crippen LogP contribution >= 0.6 is 0 Å². The quantitative estimate of drug-likeness (QED) is 0.458. The van der Waals surface area contributed by atoms with Crippen LogP contribution in [0.25, 0.3) is 16.7 Å². The molecule has 7 heteroatoms. The predicted octanol–water partition coefficient (Wildman–Crippen LogP) is 3.67. The number of aromatic nitrogens is 3. The molecular formula is C26H26N6O. The van der Waals surface area contributed by atoms with E-state index >= 15 is 0 Å². The van der Waals surface area contributed by atoms with Crippen LogP contribution < -0.4 is 9.64 Å². The number of benzene rings is 2. The molecule has 0 amide bonds. The van der Waals surface area contributed by atoms with Crippen molar-refractivity contribution in [2.24, 2.45) is 0 Å². The van der Waals surface area contributed by atoms with Crippen LogP contribution in [-0.4, -0.2) is 59.3 Å². The molecule has 2 aromatic carbocycles. The van der Waals surface area contributed by atoms with Gasteiger partial charge in [-0.3, -0.25) is 4.90 Å². The van der Waals surface area contributed by atoms with Gasteiger partial charge in [-0.05, 0) is 24.1 Å². The van der Waals surface area contributed by atoms with Gasteiger partial charge in [-0.1, -0.05) is 42.5 Å². The Morgan fingerprint density at radius 1 is 0.970 bits per heavy atom. The van der Waals surface area contributed by atoms with Gasteiger partial charge in [0, 0.05) is 38.9 Å². The molecule has 0 aliphatic carbocycles. The molecule has 166 valence electrons. The molecule has 4 aromatic rings. The second-order valence-electron chi connectivity index (χ2n) is 8.16.